The maximum atomic E-state index is 12.9. The van der Waals surface area contributed by atoms with Gasteiger partial charge in [0.1, 0.15) is 11.5 Å². The van der Waals surface area contributed by atoms with Gasteiger partial charge in [0.15, 0.2) is 0 Å². The number of hydrogen-bond donors (Lipinski definition) is 3. The van der Waals surface area contributed by atoms with Crippen molar-refractivity contribution in [3.05, 3.63) is 17.3 Å². The van der Waals surface area contributed by atoms with E-state index in [9.17, 15) is 8.78 Å². The summed E-state index contributed by atoms with van der Waals surface area (Å²) in [5, 5.41) is 9.54. The topological polar surface area (TPSA) is 95.8 Å². The van der Waals surface area contributed by atoms with E-state index in [0.29, 0.717) is 28.8 Å². The minimum absolute atomic E-state index is 0.109. The summed E-state index contributed by atoms with van der Waals surface area (Å²) in [6.45, 7) is 3.26. The third-order valence-electron chi connectivity index (χ3n) is 4.16. The van der Waals surface area contributed by atoms with Crippen LogP contribution in [0.5, 0.6) is 0 Å². The zero-order valence-corrected chi connectivity index (χ0v) is 13.0. The molecule has 0 amide bonds. The molecule has 1 aliphatic rings. The van der Waals surface area contributed by atoms with Crippen molar-refractivity contribution in [3.63, 3.8) is 0 Å². The molecule has 1 atom stereocenters. The van der Waals surface area contributed by atoms with Crippen LogP contribution < -0.4 is 16.0 Å². The first-order valence-corrected chi connectivity index (χ1v) is 7.39. The van der Waals surface area contributed by atoms with E-state index in [4.69, 9.17) is 5.73 Å². The van der Waals surface area contributed by atoms with Crippen LogP contribution in [0.3, 0.4) is 0 Å². The number of alkyl halides is 2. The van der Waals surface area contributed by atoms with E-state index in [-0.39, 0.29) is 11.6 Å². The predicted molar refractivity (Wildman–Crippen MR) is 83.4 cm³/mol. The molecule has 2 aromatic rings. The second-order valence-electron chi connectivity index (χ2n) is 5.60. The van der Waals surface area contributed by atoms with E-state index >= 15 is 0 Å². The highest BCUT2D eigenvalue weighted by atomic mass is 19.3. The Kier molecular flexibility index (Phi) is 4.12. The molecule has 3 heterocycles. The summed E-state index contributed by atoms with van der Waals surface area (Å²) < 4.78 is 25.8. The molecule has 0 unspecified atom stereocenters. The SMILES string of the molecule is CN[C@@H]1CCN(c2cc(-c3[nH]nc(C(F)F)c3C)nc(N)n2)C1. The molecule has 2 aromatic heterocycles. The molecule has 1 saturated heterocycles. The second-order valence-corrected chi connectivity index (χ2v) is 5.60. The van der Waals surface area contributed by atoms with E-state index in [1.165, 1.54) is 0 Å². The lowest BCUT2D eigenvalue weighted by Gasteiger charge is -2.18. The van der Waals surface area contributed by atoms with Crippen molar-refractivity contribution in [1.82, 2.24) is 25.5 Å². The molecule has 7 nitrogen and oxygen atoms in total. The summed E-state index contributed by atoms with van der Waals surface area (Å²) in [6.07, 6.45) is -1.62. The molecule has 0 aliphatic carbocycles. The van der Waals surface area contributed by atoms with Crippen molar-refractivity contribution in [2.24, 2.45) is 0 Å². The number of aromatic nitrogens is 4. The highest BCUT2D eigenvalue weighted by molar-refractivity contribution is 5.65. The maximum Gasteiger partial charge on any atom is 0.282 e. The minimum atomic E-state index is -2.63. The molecular weight excluding hydrogens is 304 g/mol. The quantitative estimate of drug-likeness (QED) is 0.789. The number of halogens is 2. The average Bonchev–Trinajstić information content (AvgIpc) is 3.12. The van der Waals surface area contributed by atoms with Gasteiger partial charge in [0.05, 0.1) is 11.4 Å². The van der Waals surface area contributed by atoms with Crippen molar-refractivity contribution in [2.75, 3.05) is 30.8 Å². The van der Waals surface area contributed by atoms with Crippen molar-refractivity contribution in [1.29, 1.82) is 0 Å². The Hall–Kier alpha value is -2.29. The van der Waals surface area contributed by atoms with Crippen molar-refractivity contribution < 1.29 is 8.78 Å². The number of hydrogen-bond acceptors (Lipinski definition) is 6. The smallest absolute Gasteiger partial charge is 0.282 e. The standard InChI is InChI=1S/C14H19F2N7/c1-7-11(21-22-12(7)13(15)16)9-5-10(20-14(17)19-9)23-4-3-8(6-23)18-2/h5,8,13,18H,3-4,6H2,1-2H3,(H,21,22)(H2,17,19,20)/t8-/m1/s1. The number of nitrogens with zero attached hydrogens (tertiary/aromatic N) is 4. The monoisotopic (exact) mass is 323 g/mol. The minimum Gasteiger partial charge on any atom is -0.368 e. The summed E-state index contributed by atoms with van der Waals surface area (Å²) in [7, 11) is 1.92. The molecule has 9 heteroatoms. The lowest BCUT2D eigenvalue weighted by molar-refractivity contribution is 0.145. The van der Waals surface area contributed by atoms with Gasteiger partial charge in [-0.3, -0.25) is 5.10 Å². The van der Waals surface area contributed by atoms with Crippen LogP contribution in [-0.4, -0.2) is 46.3 Å². The zero-order valence-electron chi connectivity index (χ0n) is 13.0. The van der Waals surface area contributed by atoms with Crippen molar-refractivity contribution >= 4 is 11.8 Å². The van der Waals surface area contributed by atoms with Crippen LogP contribution in [0.4, 0.5) is 20.5 Å². The number of rotatable bonds is 4. The molecular formula is C14H19F2N7. The number of nitrogens with one attached hydrogen (secondary N) is 2. The Morgan fingerprint density at radius 3 is 2.83 bits per heavy atom. The first kappa shape index (κ1) is 15.6. The van der Waals surface area contributed by atoms with Gasteiger partial charge in [-0.05, 0) is 20.4 Å². The maximum absolute atomic E-state index is 12.9. The Morgan fingerprint density at radius 1 is 1.43 bits per heavy atom. The zero-order chi connectivity index (χ0) is 16.6. The molecule has 0 saturated carbocycles. The fourth-order valence-corrected chi connectivity index (χ4v) is 2.82. The highest BCUT2D eigenvalue weighted by Gasteiger charge is 2.24. The summed E-state index contributed by atoms with van der Waals surface area (Å²) >= 11 is 0. The van der Waals surface area contributed by atoms with Crippen molar-refractivity contribution in [2.45, 2.75) is 25.8 Å². The predicted octanol–water partition coefficient (Wildman–Crippen LogP) is 1.49. The molecule has 1 aliphatic heterocycles. The van der Waals surface area contributed by atoms with E-state index in [2.05, 4.69) is 30.4 Å². The fraction of sp³-hybridized carbons (Fsp3) is 0.500. The molecule has 0 spiro atoms. The largest absolute Gasteiger partial charge is 0.368 e. The third kappa shape index (κ3) is 2.96. The van der Waals surface area contributed by atoms with Crippen LogP contribution in [0.15, 0.2) is 6.07 Å². The number of anilines is 2. The number of nitrogens with two attached hydrogens (primary N) is 1. The Morgan fingerprint density at radius 2 is 2.22 bits per heavy atom. The number of aromatic amines is 1. The van der Waals surface area contributed by atoms with Gasteiger partial charge in [-0.25, -0.2) is 13.8 Å². The van der Waals surface area contributed by atoms with E-state index in [0.717, 1.165) is 19.5 Å². The van der Waals surface area contributed by atoms with Crippen LogP contribution in [0.25, 0.3) is 11.4 Å². The molecule has 0 radical (unpaired) electrons. The number of nitrogen functional groups attached to an aromatic ring is 1. The first-order valence-electron chi connectivity index (χ1n) is 7.39. The number of H-pyrrole nitrogens is 1. The van der Waals surface area contributed by atoms with Crippen LogP contribution >= 0.6 is 0 Å². The van der Waals surface area contributed by atoms with Crippen LogP contribution in [0.2, 0.25) is 0 Å². The lowest BCUT2D eigenvalue weighted by atomic mass is 10.1. The molecule has 124 valence electrons. The molecule has 23 heavy (non-hydrogen) atoms. The summed E-state index contributed by atoms with van der Waals surface area (Å²) in [5.74, 6) is 0.802. The normalized spacial score (nSPS) is 18.1. The average molecular weight is 323 g/mol. The third-order valence-corrected chi connectivity index (χ3v) is 4.16. The van der Waals surface area contributed by atoms with Gasteiger partial charge in [0.2, 0.25) is 5.95 Å². The van der Waals surface area contributed by atoms with Crippen LogP contribution in [-0.2, 0) is 0 Å². The van der Waals surface area contributed by atoms with Gasteiger partial charge in [0, 0.05) is 30.8 Å². The van der Waals surface area contributed by atoms with Gasteiger partial charge in [-0.2, -0.15) is 10.1 Å². The fourth-order valence-electron chi connectivity index (χ4n) is 2.82. The Balaban J connectivity index is 1.95. The van der Waals surface area contributed by atoms with Gasteiger partial charge in [0.25, 0.3) is 6.43 Å². The molecule has 0 aromatic carbocycles. The van der Waals surface area contributed by atoms with Gasteiger partial charge in [-0.15, -0.1) is 0 Å². The summed E-state index contributed by atoms with van der Waals surface area (Å²) in [6, 6.07) is 2.15. The van der Waals surface area contributed by atoms with Gasteiger partial charge in [-0.1, -0.05) is 0 Å². The Labute approximate surface area is 132 Å². The second kappa shape index (κ2) is 6.07. The highest BCUT2D eigenvalue weighted by Crippen LogP contribution is 2.30. The lowest BCUT2D eigenvalue weighted by Crippen LogP contribution is -2.30. The molecule has 3 rings (SSSR count). The molecule has 4 N–H and O–H groups in total. The summed E-state index contributed by atoms with van der Waals surface area (Å²) in [4.78, 5) is 10.5. The van der Waals surface area contributed by atoms with Gasteiger partial charge >= 0.3 is 0 Å². The van der Waals surface area contributed by atoms with Crippen LogP contribution in [0.1, 0.15) is 24.1 Å². The van der Waals surface area contributed by atoms with E-state index in [1.54, 1.807) is 13.0 Å². The molecule has 1 fully saturated rings. The summed E-state index contributed by atoms with van der Waals surface area (Å²) in [5.41, 5.74) is 6.82. The van der Waals surface area contributed by atoms with E-state index < -0.39 is 6.43 Å². The van der Waals surface area contributed by atoms with Gasteiger partial charge < -0.3 is 16.0 Å². The number of likely N-dealkylation sites (N-methyl/N-ethyl adjacent to an activating group) is 1. The first-order chi connectivity index (χ1) is 11.0. The van der Waals surface area contributed by atoms with Crippen LogP contribution in [0, 0.1) is 6.92 Å². The Bertz CT molecular complexity index is 700. The van der Waals surface area contributed by atoms with Crippen molar-refractivity contribution in [3.8, 4) is 11.4 Å². The molecule has 0 bridgehead atoms. The van der Waals surface area contributed by atoms with E-state index in [1.807, 2.05) is 7.05 Å².